The van der Waals surface area contributed by atoms with Crippen LogP contribution in [0.1, 0.15) is 69.9 Å². The first-order chi connectivity index (χ1) is 10.1. The van der Waals surface area contributed by atoms with Crippen molar-refractivity contribution < 1.29 is 11.6 Å². The topological polar surface area (TPSA) is 20.3 Å². The molecular formula is C16H23NO. The molecule has 0 radical (unpaired) electrons. The Labute approximate surface area is 117 Å². The first-order valence-corrected chi connectivity index (χ1v) is 6.12. The Kier molecular flexibility index (Phi) is 1.70. The zero-order valence-electron chi connectivity index (χ0n) is 16.9. The number of rotatable bonds is 0. The van der Waals surface area contributed by atoms with Crippen LogP contribution in [0.4, 0.5) is 0 Å². The van der Waals surface area contributed by atoms with E-state index in [4.69, 9.17) is 6.85 Å². The maximum Gasteiger partial charge on any atom is 0.255 e. The highest BCUT2D eigenvalue weighted by Crippen LogP contribution is 2.35. The summed E-state index contributed by atoms with van der Waals surface area (Å²) in [4.78, 5) is 14.1. The van der Waals surface area contributed by atoms with E-state index in [2.05, 4.69) is 0 Å². The molecule has 1 aromatic rings. The van der Waals surface area contributed by atoms with Gasteiger partial charge in [-0.1, -0.05) is 38.9 Å². The summed E-state index contributed by atoms with van der Waals surface area (Å²) in [5.74, 6) is -0.510. The Hall–Kier alpha value is -1.31. The van der Waals surface area contributed by atoms with Gasteiger partial charge in [0.1, 0.15) is 0 Å². The highest BCUT2D eigenvalue weighted by molar-refractivity contribution is 6.00. The van der Waals surface area contributed by atoms with Gasteiger partial charge in [0.15, 0.2) is 0 Å². The molecule has 18 heavy (non-hydrogen) atoms. The van der Waals surface area contributed by atoms with Gasteiger partial charge in [-0.15, -0.1) is 0 Å². The largest absolute Gasteiger partial charge is 0.329 e. The fourth-order valence-electron chi connectivity index (χ4n) is 2.01. The van der Waals surface area contributed by atoms with Gasteiger partial charge in [0.2, 0.25) is 0 Å². The summed E-state index contributed by atoms with van der Waals surface area (Å²) in [6, 6.07) is -0.870. The minimum absolute atomic E-state index is 0.0802. The van der Waals surface area contributed by atoms with Crippen molar-refractivity contribution in [3.8, 4) is 0 Å². The molecule has 0 aromatic heterocycles. The van der Waals surface area contributed by atoms with Gasteiger partial charge in [-0.05, 0) is 37.3 Å². The van der Waals surface area contributed by atoms with Crippen molar-refractivity contribution in [1.82, 2.24) is 4.90 Å². The molecule has 0 fully saturated rings. The highest BCUT2D eigenvalue weighted by Gasteiger charge is 2.37. The number of carbonyl (C=O) groups excluding carboxylic acids is 1. The fourth-order valence-corrected chi connectivity index (χ4v) is 2.01. The summed E-state index contributed by atoms with van der Waals surface area (Å²) in [7, 11) is 0. The fraction of sp³-hybridized carbons (Fsp3) is 0.562. The summed E-state index contributed by atoms with van der Waals surface area (Å²) in [6.07, 6.45) is 0. The monoisotopic (exact) mass is 250 g/mol. The van der Waals surface area contributed by atoms with Gasteiger partial charge in [0, 0.05) is 17.6 Å². The molecule has 0 unspecified atom stereocenters. The van der Waals surface area contributed by atoms with Gasteiger partial charge in [0.05, 0.1) is 6.85 Å². The van der Waals surface area contributed by atoms with E-state index in [1.54, 1.807) is 20.8 Å². The zero-order valence-corrected chi connectivity index (χ0v) is 11.9. The Morgan fingerprint density at radius 2 is 1.83 bits per heavy atom. The molecule has 0 bridgehead atoms. The molecule has 1 aliphatic rings. The lowest BCUT2D eigenvalue weighted by Crippen LogP contribution is -2.41. The minimum Gasteiger partial charge on any atom is -0.329 e. The number of amides is 1. The SMILES string of the molecule is [2H]c1c([2H])c(C(C)(C)C)c2c(c1[2H])C([2H])([2H])N(C(C)(C)C)C2=O. The maximum atomic E-state index is 13.0. The van der Waals surface area contributed by atoms with Gasteiger partial charge >= 0.3 is 0 Å². The lowest BCUT2D eigenvalue weighted by molar-refractivity contribution is 0.0608. The highest BCUT2D eigenvalue weighted by atomic mass is 16.2. The van der Waals surface area contributed by atoms with Gasteiger partial charge in [-0.2, -0.15) is 0 Å². The van der Waals surface area contributed by atoms with Gasteiger partial charge in [-0.25, -0.2) is 0 Å². The van der Waals surface area contributed by atoms with Crippen LogP contribution in [0.5, 0.6) is 0 Å². The van der Waals surface area contributed by atoms with Crippen LogP contribution in [0.3, 0.4) is 0 Å². The van der Waals surface area contributed by atoms with Crippen molar-refractivity contribution in [2.75, 3.05) is 0 Å². The molecule has 1 aromatic carbocycles. The van der Waals surface area contributed by atoms with Crippen LogP contribution in [-0.2, 0) is 11.9 Å². The van der Waals surface area contributed by atoms with Crippen molar-refractivity contribution >= 4 is 5.91 Å². The molecule has 0 aliphatic carbocycles. The summed E-state index contributed by atoms with van der Waals surface area (Å²) in [6.45, 7) is 8.50. The van der Waals surface area contributed by atoms with Crippen LogP contribution < -0.4 is 0 Å². The van der Waals surface area contributed by atoms with Crippen molar-refractivity contribution in [2.24, 2.45) is 0 Å². The lowest BCUT2D eigenvalue weighted by Gasteiger charge is -2.32. The Bertz CT molecular complexity index is 698. The Morgan fingerprint density at radius 3 is 2.33 bits per heavy atom. The molecule has 2 heteroatoms. The van der Waals surface area contributed by atoms with E-state index in [9.17, 15) is 4.79 Å². The second kappa shape index (κ2) is 3.84. The van der Waals surface area contributed by atoms with Crippen LogP contribution in [0, 0.1) is 0 Å². The number of nitrogens with zero attached hydrogens (tertiary/aromatic N) is 1. The number of hydrogen-bond donors (Lipinski definition) is 0. The van der Waals surface area contributed by atoms with E-state index in [-0.39, 0.29) is 29.3 Å². The zero-order chi connectivity index (χ0) is 18.1. The summed E-state index contributed by atoms with van der Waals surface area (Å²) >= 11 is 0. The molecule has 0 spiro atoms. The van der Waals surface area contributed by atoms with E-state index in [1.807, 2.05) is 20.8 Å². The second-order valence-electron chi connectivity index (χ2n) is 6.67. The molecule has 1 amide bonds. The molecule has 2 nitrogen and oxygen atoms in total. The van der Waals surface area contributed by atoms with Crippen LogP contribution in [0.25, 0.3) is 0 Å². The van der Waals surface area contributed by atoms with E-state index in [0.717, 1.165) is 4.90 Å². The van der Waals surface area contributed by atoms with Crippen molar-refractivity contribution in [2.45, 2.75) is 59.0 Å². The van der Waals surface area contributed by atoms with E-state index in [0.29, 0.717) is 5.56 Å². The second-order valence-corrected chi connectivity index (χ2v) is 6.67. The van der Waals surface area contributed by atoms with Gasteiger partial charge < -0.3 is 4.90 Å². The quantitative estimate of drug-likeness (QED) is 0.687. The average Bonchev–Trinajstić information content (AvgIpc) is 2.51. The van der Waals surface area contributed by atoms with Gasteiger partial charge in [-0.3, -0.25) is 4.79 Å². The number of fused-ring (bicyclic) bond motifs is 1. The minimum atomic E-state index is -2.18. The molecule has 1 aliphatic heterocycles. The molecule has 0 saturated carbocycles. The normalized spacial score (nSPS) is 22.9. The third-order valence-electron chi connectivity index (χ3n) is 2.94. The van der Waals surface area contributed by atoms with Crippen molar-refractivity contribution in [1.29, 1.82) is 0 Å². The van der Waals surface area contributed by atoms with Crippen molar-refractivity contribution in [3.05, 3.63) is 34.8 Å². The summed E-state index contributed by atoms with van der Waals surface area (Å²) in [5.41, 5.74) is -1.04. The maximum absolute atomic E-state index is 13.0. The molecule has 0 N–H and O–H groups in total. The summed E-state index contributed by atoms with van der Waals surface area (Å²) < 4.78 is 41.2. The lowest BCUT2D eigenvalue weighted by atomic mass is 9.82. The third-order valence-corrected chi connectivity index (χ3v) is 2.94. The predicted octanol–water partition coefficient (Wildman–Crippen LogP) is 3.74. The molecule has 1 heterocycles. The molecule has 0 saturated heterocycles. The Morgan fingerprint density at radius 1 is 1.22 bits per heavy atom. The molecule has 2 rings (SSSR count). The van der Waals surface area contributed by atoms with E-state index >= 15 is 0 Å². The van der Waals surface area contributed by atoms with E-state index < -0.39 is 23.4 Å². The number of hydrogen-bond acceptors (Lipinski definition) is 1. The smallest absolute Gasteiger partial charge is 0.255 e. The molecular weight excluding hydrogens is 222 g/mol. The molecule has 98 valence electrons. The van der Waals surface area contributed by atoms with Crippen molar-refractivity contribution in [3.63, 3.8) is 0 Å². The predicted molar refractivity (Wildman–Crippen MR) is 74.8 cm³/mol. The average molecular weight is 250 g/mol. The standard InChI is InChI=1S/C16H23NO/c1-15(2,3)12-9-7-8-11-10-17(16(4,5)6)14(18)13(11)12/h7-9H,10H2,1-6H3/i7D,8D,9D,10D2. The van der Waals surface area contributed by atoms with Crippen LogP contribution in [0.2, 0.25) is 0 Å². The third kappa shape index (κ3) is 2.05. The van der Waals surface area contributed by atoms with Gasteiger partial charge in [0.25, 0.3) is 5.91 Å². The van der Waals surface area contributed by atoms with Crippen LogP contribution in [0.15, 0.2) is 18.1 Å². The first-order valence-electron chi connectivity index (χ1n) is 8.62. The first kappa shape index (κ1) is 7.98. The van der Waals surface area contributed by atoms with E-state index in [1.165, 1.54) is 0 Å². The number of carbonyl (C=O) groups is 1. The molecule has 0 atom stereocenters. The Balaban J connectivity index is 2.99. The number of benzene rings is 1. The van der Waals surface area contributed by atoms with Crippen LogP contribution >= 0.6 is 0 Å². The summed E-state index contributed by atoms with van der Waals surface area (Å²) in [5, 5.41) is 0. The van der Waals surface area contributed by atoms with Crippen LogP contribution in [-0.4, -0.2) is 16.3 Å².